The van der Waals surface area contributed by atoms with E-state index in [1.54, 1.807) is 38.4 Å². The minimum absolute atomic E-state index is 0.139. The van der Waals surface area contributed by atoms with Crippen molar-refractivity contribution in [3.63, 3.8) is 0 Å². The fraction of sp³-hybridized carbons (Fsp3) is 0.400. The Bertz CT molecular complexity index is 766. The average molecular weight is 375 g/mol. The van der Waals surface area contributed by atoms with Gasteiger partial charge in [0.15, 0.2) is 0 Å². The van der Waals surface area contributed by atoms with E-state index in [4.69, 9.17) is 4.74 Å². The number of carbonyl (C=O) groups is 2. The van der Waals surface area contributed by atoms with Gasteiger partial charge in [-0.05, 0) is 55.5 Å². The number of nitrogens with one attached hydrogen (secondary N) is 2. The zero-order chi connectivity index (χ0) is 19.1. The van der Waals surface area contributed by atoms with Crippen LogP contribution in [0.2, 0.25) is 0 Å². The fourth-order valence-corrected chi connectivity index (χ4v) is 4.22. The molecule has 0 spiro atoms. The number of thiophene rings is 1. The molecule has 2 aromatic rings. The molecule has 0 saturated heterocycles. The van der Waals surface area contributed by atoms with Gasteiger partial charge >= 0.3 is 0 Å². The van der Waals surface area contributed by atoms with Crippen molar-refractivity contribution in [2.45, 2.75) is 39.5 Å². The first kappa shape index (κ1) is 20.0. The molecule has 1 aliphatic carbocycles. The van der Waals surface area contributed by atoms with Gasteiger partial charge in [0.1, 0.15) is 10.8 Å². The Kier molecular flexibility index (Phi) is 7.21. The predicted molar refractivity (Wildman–Crippen MR) is 107 cm³/mol. The lowest BCUT2D eigenvalue weighted by molar-refractivity contribution is 0.0963. The summed E-state index contributed by atoms with van der Waals surface area (Å²) in [6.07, 6.45) is 4.08. The van der Waals surface area contributed by atoms with Gasteiger partial charge in [-0.15, -0.1) is 11.3 Å². The number of carbonyl (C=O) groups excluding carboxylic acids is 2. The molecular weight excluding hydrogens is 348 g/mol. The van der Waals surface area contributed by atoms with Gasteiger partial charge in [0.25, 0.3) is 11.8 Å². The second kappa shape index (κ2) is 9.38. The molecule has 0 saturated carbocycles. The number of amides is 2. The van der Waals surface area contributed by atoms with Crippen LogP contribution in [-0.4, -0.2) is 26.0 Å². The summed E-state index contributed by atoms with van der Waals surface area (Å²) < 4.78 is 5.10. The number of aryl methyl sites for hydroxylation is 1. The predicted octanol–water partition coefficient (Wildman–Crippen LogP) is 4.27. The first-order chi connectivity index (χ1) is 12.6. The number of fused-ring (bicyclic) bond motifs is 1. The summed E-state index contributed by atoms with van der Waals surface area (Å²) >= 11 is 1.52. The van der Waals surface area contributed by atoms with Crippen LogP contribution in [0, 0.1) is 0 Å². The summed E-state index contributed by atoms with van der Waals surface area (Å²) in [4.78, 5) is 26.0. The van der Waals surface area contributed by atoms with Gasteiger partial charge < -0.3 is 15.4 Å². The standard InChI is InChI=1S/C18H20N2O3S.C2H6/c1-19-17(22)15-13-5-3-4-6-14(13)24-18(15)20-16(21)11-7-9-12(23-2)10-8-11;1-2/h7-10H,3-6H2,1-2H3,(H,19,22)(H,20,21);1-2H3. The Balaban J connectivity index is 0.00000117. The van der Waals surface area contributed by atoms with E-state index in [9.17, 15) is 9.59 Å². The van der Waals surface area contributed by atoms with Gasteiger partial charge in [-0.2, -0.15) is 0 Å². The third-order valence-corrected chi connectivity index (χ3v) is 5.41. The molecule has 2 N–H and O–H groups in total. The van der Waals surface area contributed by atoms with Crippen molar-refractivity contribution in [3.8, 4) is 5.75 Å². The Morgan fingerprint density at radius 2 is 1.69 bits per heavy atom. The van der Waals surface area contributed by atoms with Crippen LogP contribution in [0.25, 0.3) is 0 Å². The maximum absolute atomic E-state index is 12.5. The molecular formula is C20H26N2O3S. The maximum Gasteiger partial charge on any atom is 0.256 e. The summed E-state index contributed by atoms with van der Waals surface area (Å²) in [6, 6.07) is 6.91. The van der Waals surface area contributed by atoms with E-state index in [0.29, 0.717) is 21.9 Å². The van der Waals surface area contributed by atoms with Crippen LogP contribution in [0.5, 0.6) is 5.75 Å². The van der Waals surface area contributed by atoms with Crippen molar-refractivity contribution in [3.05, 3.63) is 45.8 Å². The summed E-state index contributed by atoms with van der Waals surface area (Å²) in [5.41, 5.74) is 2.25. The van der Waals surface area contributed by atoms with Gasteiger partial charge in [-0.25, -0.2) is 0 Å². The first-order valence-corrected chi connectivity index (χ1v) is 9.77. The van der Waals surface area contributed by atoms with Crippen LogP contribution in [0.3, 0.4) is 0 Å². The second-order valence-corrected chi connectivity index (χ2v) is 6.78. The number of methoxy groups -OCH3 is 1. The first-order valence-electron chi connectivity index (χ1n) is 8.96. The van der Waals surface area contributed by atoms with Crippen LogP contribution in [0.15, 0.2) is 24.3 Å². The molecule has 0 bridgehead atoms. The van der Waals surface area contributed by atoms with E-state index in [1.165, 1.54) is 16.2 Å². The fourth-order valence-electron chi connectivity index (χ4n) is 2.94. The monoisotopic (exact) mass is 374 g/mol. The summed E-state index contributed by atoms with van der Waals surface area (Å²) in [5, 5.41) is 6.24. The molecule has 0 aliphatic heterocycles. The normalized spacial score (nSPS) is 12.3. The van der Waals surface area contributed by atoms with E-state index in [-0.39, 0.29) is 11.8 Å². The minimum Gasteiger partial charge on any atom is -0.497 e. The van der Waals surface area contributed by atoms with Crippen molar-refractivity contribution in [1.82, 2.24) is 5.32 Å². The molecule has 3 rings (SSSR count). The van der Waals surface area contributed by atoms with E-state index < -0.39 is 0 Å². The lowest BCUT2D eigenvalue weighted by Gasteiger charge is -2.12. The SMILES string of the molecule is CC.CNC(=O)c1c(NC(=O)c2ccc(OC)cc2)sc2c1CCCC2. The smallest absolute Gasteiger partial charge is 0.256 e. The zero-order valence-electron chi connectivity index (χ0n) is 15.8. The summed E-state index contributed by atoms with van der Waals surface area (Å²) in [5.74, 6) is 0.338. The summed E-state index contributed by atoms with van der Waals surface area (Å²) in [7, 11) is 3.20. The molecule has 0 atom stereocenters. The van der Waals surface area contributed by atoms with Crippen LogP contribution in [0.1, 0.15) is 57.8 Å². The lowest BCUT2D eigenvalue weighted by Crippen LogP contribution is -2.22. The van der Waals surface area contributed by atoms with Gasteiger partial charge in [0, 0.05) is 17.5 Å². The zero-order valence-corrected chi connectivity index (χ0v) is 16.6. The molecule has 1 aliphatic rings. The van der Waals surface area contributed by atoms with E-state index in [0.717, 1.165) is 31.2 Å². The third-order valence-electron chi connectivity index (χ3n) is 4.20. The molecule has 26 heavy (non-hydrogen) atoms. The summed E-state index contributed by atoms with van der Waals surface area (Å²) in [6.45, 7) is 4.00. The highest BCUT2D eigenvalue weighted by molar-refractivity contribution is 7.17. The number of hydrogen-bond acceptors (Lipinski definition) is 4. The third kappa shape index (κ3) is 4.25. The van der Waals surface area contributed by atoms with Gasteiger partial charge in [0.2, 0.25) is 0 Å². The minimum atomic E-state index is -0.221. The lowest BCUT2D eigenvalue weighted by atomic mass is 9.95. The van der Waals surface area contributed by atoms with Crippen LogP contribution in [0.4, 0.5) is 5.00 Å². The molecule has 0 unspecified atom stereocenters. The maximum atomic E-state index is 12.5. The Hall–Kier alpha value is -2.34. The van der Waals surface area contributed by atoms with E-state index in [1.807, 2.05) is 13.8 Å². The van der Waals surface area contributed by atoms with Gasteiger partial charge in [-0.1, -0.05) is 13.8 Å². The highest BCUT2D eigenvalue weighted by Gasteiger charge is 2.25. The molecule has 0 radical (unpaired) electrons. The van der Waals surface area contributed by atoms with Crippen molar-refractivity contribution < 1.29 is 14.3 Å². The number of ether oxygens (including phenoxy) is 1. The van der Waals surface area contributed by atoms with Crippen molar-refractivity contribution in [2.24, 2.45) is 0 Å². The van der Waals surface area contributed by atoms with Crippen molar-refractivity contribution in [2.75, 3.05) is 19.5 Å². The van der Waals surface area contributed by atoms with Crippen molar-refractivity contribution in [1.29, 1.82) is 0 Å². The molecule has 140 valence electrons. The highest BCUT2D eigenvalue weighted by Crippen LogP contribution is 2.38. The number of hydrogen-bond donors (Lipinski definition) is 2. The molecule has 1 heterocycles. The Morgan fingerprint density at radius 1 is 1.04 bits per heavy atom. The van der Waals surface area contributed by atoms with E-state index >= 15 is 0 Å². The quantitative estimate of drug-likeness (QED) is 0.840. The van der Waals surface area contributed by atoms with Crippen LogP contribution >= 0.6 is 11.3 Å². The number of benzene rings is 1. The van der Waals surface area contributed by atoms with Crippen LogP contribution in [-0.2, 0) is 12.8 Å². The Morgan fingerprint density at radius 3 is 2.31 bits per heavy atom. The van der Waals surface area contributed by atoms with E-state index in [2.05, 4.69) is 10.6 Å². The number of anilines is 1. The second-order valence-electron chi connectivity index (χ2n) is 5.68. The molecule has 0 fully saturated rings. The van der Waals surface area contributed by atoms with Gasteiger partial charge in [-0.3, -0.25) is 9.59 Å². The molecule has 6 heteroatoms. The van der Waals surface area contributed by atoms with Gasteiger partial charge in [0.05, 0.1) is 12.7 Å². The Labute approximate surface area is 158 Å². The van der Waals surface area contributed by atoms with Crippen molar-refractivity contribution >= 4 is 28.2 Å². The number of rotatable bonds is 4. The van der Waals surface area contributed by atoms with Crippen LogP contribution < -0.4 is 15.4 Å². The largest absolute Gasteiger partial charge is 0.497 e. The highest BCUT2D eigenvalue weighted by atomic mass is 32.1. The molecule has 5 nitrogen and oxygen atoms in total. The topological polar surface area (TPSA) is 67.4 Å². The molecule has 1 aromatic heterocycles. The molecule has 2 amide bonds. The molecule has 1 aromatic carbocycles. The average Bonchev–Trinajstić information content (AvgIpc) is 3.06.